The van der Waals surface area contributed by atoms with E-state index in [-0.39, 0.29) is 6.04 Å². The molecule has 0 aromatic carbocycles. The van der Waals surface area contributed by atoms with Gasteiger partial charge in [-0.1, -0.05) is 11.8 Å². The van der Waals surface area contributed by atoms with Crippen LogP contribution in [-0.4, -0.2) is 23.8 Å². The lowest BCUT2D eigenvalue weighted by atomic mass is 10.1. The van der Waals surface area contributed by atoms with Crippen LogP contribution in [0.15, 0.2) is 28.4 Å². The van der Waals surface area contributed by atoms with Gasteiger partial charge in [0.15, 0.2) is 6.04 Å². The van der Waals surface area contributed by atoms with Gasteiger partial charge in [-0.05, 0) is 17.7 Å². The van der Waals surface area contributed by atoms with E-state index in [2.05, 4.69) is 22.2 Å². The van der Waals surface area contributed by atoms with Crippen molar-refractivity contribution in [2.24, 2.45) is 10.7 Å². The molecule has 2 aliphatic rings. The molecule has 0 saturated carbocycles. The number of nitrogens with two attached hydrogens (primary N) is 1. The van der Waals surface area contributed by atoms with Crippen LogP contribution in [0.2, 0.25) is 0 Å². The summed E-state index contributed by atoms with van der Waals surface area (Å²) in [4.78, 5) is 4.10. The van der Waals surface area contributed by atoms with Crippen LogP contribution in [0.4, 0.5) is 0 Å². The Morgan fingerprint density at radius 2 is 2.57 bits per heavy atom. The lowest BCUT2D eigenvalue weighted by molar-refractivity contribution is 0.142. The molecular formula is C9H10N4O. The highest BCUT2D eigenvalue weighted by Crippen LogP contribution is 2.13. The van der Waals surface area contributed by atoms with Crippen molar-refractivity contribution in [2.45, 2.75) is 12.2 Å². The molecule has 0 bridgehead atoms. The number of fused-ring (bicyclic) bond motifs is 1. The van der Waals surface area contributed by atoms with Crippen LogP contribution in [0.3, 0.4) is 0 Å². The third kappa shape index (κ3) is 1.54. The predicted molar refractivity (Wildman–Crippen MR) is 52.3 cm³/mol. The summed E-state index contributed by atoms with van der Waals surface area (Å²) in [6.07, 6.45) is 4.46. The highest BCUT2D eigenvalue weighted by atomic mass is 16.5. The molecule has 2 unspecified atom stereocenters. The topological polar surface area (TPSA) is 82.7 Å². The first-order valence-corrected chi connectivity index (χ1v) is 4.17. The van der Waals surface area contributed by atoms with Gasteiger partial charge in [0.05, 0.1) is 12.0 Å². The van der Waals surface area contributed by atoms with Gasteiger partial charge in [-0.3, -0.25) is 4.99 Å². The quantitative estimate of drug-likeness (QED) is 0.258. The third-order valence-corrected chi connectivity index (χ3v) is 2.03. The van der Waals surface area contributed by atoms with Crippen LogP contribution >= 0.6 is 0 Å². The summed E-state index contributed by atoms with van der Waals surface area (Å²) in [7, 11) is 0. The number of aliphatic imine (C=N–C) groups is 1. The van der Waals surface area contributed by atoms with Crippen molar-refractivity contribution in [3.8, 4) is 11.8 Å². The largest absolute Gasteiger partial charge is 0.347 e. The molecule has 1 heterocycles. The summed E-state index contributed by atoms with van der Waals surface area (Å²) < 4.78 is 0. The van der Waals surface area contributed by atoms with Crippen molar-refractivity contribution < 1.29 is 5.21 Å². The third-order valence-electron chi connectivity index (χ3n) is 2.03. The van der Waals surface area contributed by atoms with Gasteiger partial charge in [-0.25, -0.2) is 0 Å². The molecule has 72 valence electrons. The summed E-state index contributed by atoms with van der Waals surface area (Å²) in [6, 6.07) is -0.130. The first kappa shape index (κ1) is 8.97. The van der Waals surface area contributed by atoms with Gasteiger partial charge in [0.1, 0.15) is 6.17 Å². The average Bonchev–Trinajstić information content (AvgIpc) is 2.54. The molecule has 2 rings (SSSR count). The van der Waals surface area contributed by atoms with Gasteiger partial charge in [0.2, 0.25) is 0 Å². The molecule has 0 fully saturated rings. The Kier molecular flexibility index (Phi) is 2.33. The number of hydroxylamine groups is 1. The molecule has 14 heavy (non-hydrogen) atoms. The Morgan fingerprint density at radius 1 is 1.71 bits per heavy atom. The molecule has 1 aliphatic heterocycles. The highest BCUT2D eigenvalue weighted by molar-refractivity contribution is 5.65. The minimum absolute atomic E-state index is 0.130. The molecule has 1 aliphatic carbocycles. The number of hydrogen-bond donors (Lipinski definition) is 4. The zero-order valence-corrected chi connectivity index (χ0v) is 7.36. The number of hydrogen-bond acceptors (Lipinski definition) is 5. The van der Waals surface area contributed by atoms with E-state index in [4.69, 9.17) is 10.9 Å². The fourth-order valence-electron chi connectivity index (χ4n) is 1.26. The van der Waals surface area contributed by atoms with Crippen LogP contribution in [0.1, 0.15) is 0 Å². The Bertz CT molecular complexity index is 385. The maximum Gasteiger partial charge on any atom is 0.152 e. The van der Waals surface area contributed by atoms with Crippen molar-refractivity contribution in [2.75, 3.05) is 0 Å². The fourth-order valence-corrected chi connectivity index (χ4v) is 1.26. The highest BCUT2D eigenvalue weighted by Gasteiger charge is 2.17. The Labute approximate surface area is 81.4 Å². The van der Waals surface area contributed by atoms with Crippen molar-refractivity contribution in [3.05, 3.63) is 23.4 Å². The zero-order chi connectivity index (χ0) is 9.97. The molecule has 0 aromatic rings. The number of allylic oxidation sites excluding steroid dienone is 1. The summed E-state index contributed by atoms with van der Waals surface area (Å²) in [5.74, 6) is 5.77. The molecule has 5 N–H and O–H groups in total. The van der Waals surface area contributed by atoms with Gasteiger partial charge in [0.25, 0.3) is 0 Å². The molecule has 0 aromatic heterocycles. The smallest absolute Gasteiger partial charge is 0.152 e. The monoisotopic (exact) mass is 190 g/mol. The Hall–Kier alpha value is -1.61. The molecular weight excluding hydrogens is 180 g/mol. The number of rotatable bonds is 2. The van der Waals surface area contributed by atoms with E-state index in [0.717, 1.165) is 11.3 Å². The predicted octanol–water partition coefficient (Wildman–Crippen LogP) is -0.923. The van der Waals surface area contributed by atoms with Gasteiger partial charge < -0.3 is 16.3 Å². The van der Waals surface area contributed by atoms with Gasteiger partial charge >= 0.3 is 0 Å². The second-order valence-electron chi connectivity index (χ2n) is 2.96. The van der Waals surface area contributed by atoms with Gasteiger partial charge in [-0.15, -0.1) is 0 Å². The second-order valence-corrected chi connectivity index (χ2v) is 2.96. The molecule has 5 nitrogen and oxygen atoms in total. The lowest BCUT2D eigenvalue weighted by Crippen LogP contribution is -2.36. The van der Waals surface area contributed by atoms with Crippen molar-refractivity contribution in [1.29, 1.82) is 0 Å². The molecule has 0 radical (unpaired) electrons. The van der Waals surface area contributed by atoms with Crippen LogP contribution < -0.4 is 16.5 Å². The average molecular weight is 190 g/mol. The van der Waals surface area contributed by atoms with E-state index < -0.39 is 6.17 Å². The normalized spacial score (nSPS) is 24.9. The van der Waals surface area contributed by atoms with Crippen LogP contribution in [-0.2, 0) is 0 Å². The minimum atomic E-state index is -0.627. The molecule has 0 saturated heterocycles. The maximum atomic E-state index is 8.67. The van der Waals surface area contributed by atoms with E-state index in [9.17, 15) is 0 Å². The van der Waals surface area contributed by atoms with E-state index in [1.807, 2.05) is 11.6 Å². The Morgan fingerprint density at radius 3 is 3.36 bits per heavy atom. The first-order valence-electron chi connectivity index (χ1n) is 4.17. The van der Waals surface area contributed by atoms with Gasteiger partial charge in [-0.2, -0.15) is 5.48 Å². The number of nitrogens with one attached hydrogen (secondary N) is 2. The van der Waals surface area contributed by atoms with Crippen LogP contribution in [0.5, 0.6) is 0 Å². The molecule has 0 amide bonds. The first-order chi connectivity index (χ1) is 6.81. The zero-order valence-electron chi connectivity index (χ0n) is 7.36. The second kappa shape index (κ2) is 3.64. The lowest BCUT2D eigenvalue weighted by Gasteiger charge is -2.10. The molecule has 0 spiro atoms. The van der Waals surface area contributed by atoms with Crippen LogP contribution in [0, 0.1) is 11.8 Å². The fraction of sp³-hybridized carbons (Fsp3) is 0.222. The molecule has 5 heteroatoms. The van der Waals surface area contributed by atoms with E-state index in [1.165, 1.54) is 0 Å². The summed E-state index contributed by atoms with van der Waals surface area (Å²) in [5.41, 5.74) is 9.16. The minimum Gasteiger partial charge on any atom is -0.347 e. The number of nitrogens with zero attached hydrogens (tertiary/aromatic N) is 1. The van der Waals surface area contributed by atoms with Crippen molar-refractivity contribution in [1.82, 2.24) is 10.8 Å². The van der Waals surface area contributed by atoms with Gasteiger partial charge in [0, 0.05) is 0 Å². The van der Waals surface area contributed by atoms with Crippen molar-refractivity contribution in [3.63, 3.8) is 0 Å². The summed E-state index contributed by atoms with van der Waals surface area (Å²) in [6.45, 7) is 0. The van der Waals surface area contributed by atoms with Crippen LogP contribution in [0.25, 0.3) is 0 Å². The summed E-state index contributed by atoms with van der Waals surface area (Å²) >= 11 is 0. The Balaban J connectivity index is 2.27. The van der Waals surface area contributed by atoms with Crippen molar-refractivity contribution >= 4 is 6.34 Å². The standard InChI is InChI=1S/C9H10N4O/c10-9(13-14)6-2-1-3-7-8(4-6)12-5-11-7/h2,4-5,7,9,13-14H,10H2,(H,11,12). The maximum absolute atomic E-state index is 8.67. The SMILES string of the molecule is NC(NO)C1=CC#CC2N=CNC2=C1. The molecule has 2 atom stereocenters. The summed E-state index contributed by atoms with van der Waals surface area (Å²) in [5, 5.41) is 11.6. The van der Waals surface area contributed by atoms with E-state index in [0.29, 0.717) is 0 Å². The van der Waals surface area contributed by atoms with E-state index >= 15 is 0 Å². The van der Waals surface area contributed by atoms with E-state index in [1.54, 1.807) is 12.4 Å².